The van der Waals surface area contributed by atoms with Crippen molar-refractivity contribution in [2.45, 2.75) is 30.4 Å². The van der Waals surface area contributed by atoms with Gasteiger partial charge in [0.15, 0.2) is 0 Å². The molecule has 0 atom stereocenters. The van der Waals surface area contributed by atoms with Crippen molar-refractivity contribution >= 4 is 16.7 Å². The van der Waals surface area contributed by atoms with E-state index >= 15 is 0 Å². The molecule has 0 unspecified atom stereocenters. The minimum atomic E-state index is -5.09. The lowest BCUT2D eigenvalue weighted by Crippen LogP contribution is -2.41. The fourth-order valence-electron chi connectivity index (χ4n) is 1.36. The Kier molecular flexibility index (Phi) is 5.76. The molecule has 0 saturated carbocycles. The number of hydrogen-bond acceptors (Lipinski definition) is 5. The third-order valence-corrected chi connectivity index (χ3v) is 3.30. The Morgan fingerprint density at radius 3 is 2.43 bits per heavy atom. The zero-order valence-corrected chi connectivity index (χ0v) is 11.5. The van der Waals surface area contributed by atoms with Crippen LogP contribution in [-0.2, 0) is 15.4 Å². The van der Waals surface area contributed by atoms with Gasteiger partial charge in [0.05, 0.1) is 12.9 Å². The fourth-order valence-corrected chi connectivity index (χ4v) is 1.74. The molecule has 0 aromatic carbocycles. The summed E-state index contributed by atoms with van der Waals surface area (Å²) in [5.41, 5.74) is 0. The van der Waals surface area contributed by atoms with Gasteiger partial charge in [0.2, 0.25) is 16.5 Å². The van der Waals surface area contributed by atoms with Crippen molar-refractivity contribution in [1.82, 2.24) is 0 Å². The van der Waals surface area contributed by atoms with E-state index in [1.54, 1.807) is 0 Å². The highest BCUT2D eigenvalue weighted by atomic mass is 32.2. The molecule has 1 rings (SSSR count). The van der Waals surface area contributed by atoms with Crippen molar-refractivity contribution in [2.24, 2.45) is 0 Å². The summed E-state index contributed by atoms with van der Waals surface area (Å²) in [7, 11) is -4.57. The smallest absolute Gasteiger partial charge is 0.404 e. The quantitative estimate of drug-likeness (QED) is 0.343. The van der Waals surface area contributed by atoms with E-state index in [1.165, 1.54) is 18.4 Å². The van der Waals surface area contributed by atoms with Crippen molar-refractivity contribution < 1.29 is 39.9 Å². The highest BCUT2D eigenvalue weighted by Crippen LogP contribution is 2.38. The van der Waals surface area contributed by atoms with Crippen LogP contribution in [0.2, 0.25) is 0 Å². The molecule has 0 radical (unpaired) electrons. The third kappa shape index (κ3) is 4.45. The molecule has 0 N–H and O–H groups in total. The molecular weight excluding hydrogens is 320 g/mol. The van der Waals surface area contributed by atoms with Gasteiger partial charge in [-0.2, -0.15) is 17.6 Å². The van der Waals surface area contributed by atoms with Crippen LogP contribution >= 0.6 is 0 Å². The van der Waals surface area contributed by atoms with Crippen molar-refractivity contribution in [3.8, 4) is 0 Å². The second-order valence-corrected chi connectivity index (χ2v) is 5.15. The molecular formula is C11H12F4O5S. The molecule has 0 saturated heterocycles. The number of unbranched alkanes of at least 4 members (excludes halogenated alkanes) is 1. The summed E-state index contributed by atoms with van der Waals surface area (Å²) < 4.78 is 81.0. The Balaban J connectivity index is 2.32. The first-order valence-electron chi connectivity index (χ1n) is 5.79. The fraction of sp³-hybridized carbons (Fsp3) is 0.545. The third-order valence-electron chi connectivity index (χ3n) is 2.51. The highest BCUT2D eigenvalue weighted by Gasteiger charge is 2.58. The summed E-state index contributed by atoms with van der Waals surface area (Å²) in [5.74, 6) is -5.54. The molecule has 0 bridgehead atoms. The molecule has 1 aromatic rings. The number of halogens is 4. The van der Waals surface area contributed by atoms with E-state index in [-0.39, 0.29) is 18.8 Å². The van der Waals surface area contributed by atoms with E-state index in [0.29, 0.717) is 0 Å². The molecule has 0 aliphatic rings. The lowest BCUT2D eigenvalue weighted by molar-refractivity contribution is -0.159. The maximum Gasteiger partial charge on any atom is 0.404 e. The standard InChI is InChI=1S/C11H12F4O5S/c12-10(13,11(14,15)21(17)18)5-1-2-6-20-9(16)8-4-3-7-19-8/h3-4,7,21H,1-2,5-6H2. The van der Waals surface area contributed by atoms with Crippen LogP contribution in [0.4, 0.5) is 17.6 Å². The van der Waals surface area contributed by atoms with Crippen LogP contribution in [0, 0.1) is 0 Å². The number of rotatable bonds is 8. The van der Waals surface area contributed by atoms with Gasteiger partial charge in [-0.1, -0.05) is 0 Å². The van der Waals surface area contributed by atoms with Crippen molar-refractivity contribution in [3.63, 3.8) is 0 Å². The van der Waals surface area contributed by atoms with E-state index in [4.69, 9.17) is 4.42 Å². The van der Waals surface area contributed by atoms with Crippen LogP contribution in [0.15, 0.2) is 22.8 Å². The van der Waals surface area contributed by atoms with Crippen LogP contribution in [0.1, 0.15) is 29.8 Å². The monoisotopic (exact) mass is 332 g/mol. The number of carbonyl (C=O) groups is 1. The van der Waals surface area contributed by atoms with E-state index in [0.717, 1.165) is 0 Å². The number of ether oxygens (including phenoxy) is 1. The average Bonchev–Trinajstić information content (AvgIpc) is 2.91. The second-order valence-electron chi connectivity index (χ2n) is 4.07. The van der Waals surface area contributed by atoms with Crippen LogP contribution in [0.25, 0.3) is 0 Å². The zero-order valence-electron chi connectivity index (χ0n) is 10.6. The number of alkyl halides is 4. The first-order valence-corrected chi connectivity index (χ1v) is 6.97. The highest BCUT2D eigenvalue weighted by molar-refractivity contribution is 7.73. The normalized spacial score (nSPS) is 12.6. The number of hydrogen-bond donors (Lipinski definition) is 1. The van der Waals surface area contributed by atoms with Crippen LogP contribution in [-0.4, -0.2) is 32.2 Å². The molecule has 21 heavy (non-hydrogen) atoms. The summed E-state index contributed by atoms with van der Waals surface area (Å²) in [6.07, 6.45) is -0.643. The average molecular weight is 332 g/mol. The molecule has 0 aliphatic heterocycles. The van der Waals surface area contributed by atoms with E-state index in [1.807, 2.05) is 0 Å². The minimum Gasteiger partial charge on any atom is -0.460 e. The molecule has 1 heterocycles. The molecule has 0 aliphatic carbocycles. The van der Waals surface area contributed by atoms with E-state index in [2.05, 4.69) is 4.74 Å². The SMILES string of the molecule is O=C(OCCCCC(F)(F)C(F)(F)[SH](=O)=O)c1ccco1. The minimum absolute atomic E-state index is 0.0739. The summed E-state index contributed by atoms with van der Waals surface area (Å²) in [6, 6.07) is 2.78. The summed E-state index contributed by atoms with van der Waals surface area (Å²) in [6.45, 7) is -0.273. The van der Waals surface area contributed by atoms with E-state index in [9.17, 15) is 30.8 Å². The zero-order chi connectivity index (χ0) is 16.1. The molecule has 1 aromatic heterocycles. The molecule has 0 spiro atoms. The Morgan fingerprint density at radius 1 is 1.24 bits per heavy atom. The molecule has 0 amide bonds. The summed E-state index contributed by atoms with van der Waals surface area (Å²) in [4.78, 5) is 11.3. The molecule has 5 nitrogen and oxygen atoms in total. The van der Waals surface area contributed by atoms with Gasteiger partial charge in [-0.25, -0.2) is 13.2 Å². The van der Waals surface area contributed by atoms with Crippen molar-refractivity contribution in [2.75, 3.05) is 6.61 Å². The van der Waals surface area contributed by atoms with Gasteiger partial charge in [0.25, 0.3) is 0 Å². The lowest BCUT2D eigenvalue weighted by Gasteiger charge is -2.21. The largest absolute Gasteiger partial charge is 0.460 e. The Labute approximate surface area is 118 Å². The van der Waals surface area contributed by atoms with Gasteiger partial charge in [-0.15, -0.1) is 0 Å². The van der Waals surface area contributed by atoms with Gasteiger partial charge in [-0.3, -0.25) is 0 Å². The maximum atomic E-state index is 13.0. The van der Waals surface area contributed by atoms with E-state index < -0.39 is 40.7 Å². The topological polar surface area (TPSA) is 73.6 Å². The van der Waals surface area contributed by atoms with Gasteiger partial charge >= 0.3 is 17.1 Å². The number of carbonyl (C=O) groups excluding carboxylic acids is 1. The summed E-state index contributed by atoms with van der Waals surface area (Å²) >= 11 is 0. The Morgan fingerprint density at radius 2 is 1.90 bits per heavy atom. The van der Waals surface area contributed by atoms with Crippen LogP contribution in [0.5, 0.6) is 0 Å². The molecule has 10 heteroatoms. The van der Waals surface area contributed by atoms with Crippen molar-refractivity contribution in [3.05, 3.63) is 24.2 Å². The lowest BCUT2D eigenvalue weighted by atomic mass is 10.1. The maximum absolute atomic E-state index is 13.0. The van der Waals surface area contributed by atoms with Gasteiger partial charge in [0.1, 0.15) is 0 Å². The molecule has 0 fully saturated rings. The van der Waals surface area contributed by atoms with Gasteiger partial charge in [0, 0.05) is 6.42 Å². The predicted octanol–water partition coefficient (Wildman–Crippen LogP) is 2.45. The number of thiol groups is 1. The number of esters is 1. The Bertz CT molecular complexity index is 531. The predicted molar refractivity (Wildman–Crippen MR) is 63.1 cm³/mol. The second kappa shape index (κ2) is 6.92. The van der Waals surface area contributed by atoms with Gasteiger partial charge < -0.3 is 9.15 Å². The first kappa shape index (κ1) is 17.5. The first-order chi connectivity index (χ1) is 9.68. The van der Waals surface area contributed by atoms with Crippen LogP contribution in [0.3, 0.4) is 0 Å². The summed E-state index contributed by atoms with van der Waals surface area (Å²) in [5, 5.41) is -5.09. The Hall–Kier alpha value is -1.58. The van der Waals surface area contributed by atoms with Crippen molar-refractivity contribution in [1.29, 1.82) is 0 Å². The molecule has 120 valence electrons. The van der Waals surface area contributed by atoms with Gasteiger partial charge in [-0.05, 0) is 25.0 Å². The van der Waals surface area contributed by atoms with Crippen LogP contribution < -0.4 is 0 Å². The number of furan rings is 1.